The first-order chi connectivity index (χ1) is 38.3. The second-order valence-corrected chi connectivity index (χ2v) is 19.4. The Morgan fingerprint density at radius 2 is 1.29 bits per heavy atom. The summed E-state index contributed by atoms with van der Waals surface area (Å²) in [6.45, 7) is 6.23. The number of azide groups is 1. The lowest BCUT2D eigenvalue weighted by atomic mass is 10.0. The Bertz CT molecular complexity index is 2220. The van der Waals surface area contributed by atoms with E-state index in [1.165, 1.54) is 17.4 Å². The second kappa shape index (κ2) is 38.9. The van der Waals surface area contributed by atoms with E-state index in [-0.39, 0.29) is 82.7 Å². The molecule has 31 heteroatoms. The van der Waals surface area contributed by atoms with Crippen LogP contribution in [0.25, 0.3) is 10.4 Å². The molecule has 2 heterocycles. The molecule has 22 N–H and O–H groups in total. The number of unbranched alkanes of at least 4 members (excludes halogenated alkanes) is 4. The van der Waals surface area contributed by atoms with Gasteiger partial charge >= 0.3 is 5.97 Å². The summed E-state index contributed by atoms with van der Waals surface area (Å²) in [5, 5.41) is 34.8. The van der Waals surface area contributed by atoms with Crippen LogP contribution in [0, 0.1) is 0 Å². The molecule has 1 aliphatic heterocycles. The van der Waals surface area contributed by atoms with Crippen molar-refractivity contribution < 1.29 is 48.3 Å². The number of H-pyrrole nitrogens is 1. The Morgan fingerprint density at radius 1 is 0.725 bits per heavy atom. The number of aromatic nitrogens is 2. The highest BCUT2D eigenvalue weighted by Crippen LogP contribution is 2.19. The van der Waals surface area contributed by atoms with E-state index in [0.717, 1.165) is 0 Å². The Balaban J connectivity index is 2.16. The summed E-state index contributed by atoms with van der Waals surface area (Å²) in [4.78, 5) is 135. The summed E-state index contributed by atoms with van der Waals surface area (Å²) >= 11 is 0. The Labute approximate surface area is 465 Å². The fourth-order valence-corrected chi connectivity index (χ4v) is 8.43. The molecule has 0 spiro atoms. The van der Waals surface area contributed by atoms with Crippen LogP contribution in [-0.2, 0) is 49.6 Å². The van der Waals surface area contributed by atoms with Gasteiger partial charge in [-0.25, -0.2) is 9.78 Å². The van der Waals surface area contributed by atoms with E-state index in [4.69, 9.17) is 39.9 Å². The molecule has 1 aliphatic rings. The number of imidazole rings is 1. The van der Waals surface area contributed by atoms with Gasteiger partial charge in [0, 0.05) is 48.6 Å². The number of aliphatic carboxylic acids is 1. The molecule has 1 aromatic heterocycles. The predicted octanol–water partition coefficient (Wildman–Crippen LogP) is -3.58. The van der Waals surface area contributed by atoms with Crippen LogP contribution in [0.2, 0.25) is 0 Å². The highest BCUT2D eigenvalue weighted by Gasteiger charge is 2.37. The lowest BCUT2D eigenvalue weighted by Gasteiger charge is -2.28. The molecule has 1 saturated heterocycles. The third-order valence-electron chi connectivity index (χ3n) is 13.0. The molecule has 1 fully saturated rings. The van der Waals surface area contributed by atoms with Crippen molar-refractivity contribution in [2.75, 3.05) is 52.4 Å². The van der Waals surface area contributed by atoms with E-state index in [9.17, 15) is 48.3 Å². The maximum Gasteiger partial charge on any atom is 0.326 e. The van der Waals surface area contributed by atoms with Crippen molar-refractivity contribution in [3.05, 3.63) is 40.9 Å². The van der Waals surface area contributed by atoms with Crippen LogP contribution in [0.4, 0.5) is 0 Å². The van der Waals surface area contributed by atoms with E-state index in [0.29, 0.717) is 83.1 Å². The van der Waals surface area contributed by atoms with Gasteiger partial charge < -0.3 is 91.9 Å². The van der Waals surface area contributed by atoms with E-state index in [1.807, 2.05) is 0 Å². The minimum absolute atomic E-state index is 0.0419. The first-order valence-electron chi connectivity index (χ1n) is 27.2. The maximum atomic E-state index is 14.0. The Morgan fingerprint density at radius 3 is 1.89 bits per heavy atom. The van der Waals surface area contributed by atoms with E-state index in [2.05, 4.69) is 74.1 Å². The fourth-order valence-electron chi connectivity index (χ4n) is 8.43. The maximum absolute atomic E-state index is 14.0. The van der Waals surface area contributed by atoms with Gasteiger partial charge in [-0.2, -0.15) is 0 Å². The van der Waals surface area contributed by atoms with E-state index >= 15 is 0 Å². The number of hydrogen-bond donors (Lipinski definition) is 16. The number of nitrogens with zero attached hydrogens (tertiary/aromatic N) is 6. The number of aliphatic imine (C=N–C) groups is 1. The van der Waals surface area contributed by atoms with Crippen molar-refractivity contribution in [3.8, 4) is 0 Å². The zero-order valence-corrected chi connectivity index (χ0v) is 45.9. The molecule has 448 valence electrons. The minimum Gasteiger partial charge on any atom is -0.480 e. The summed E-state index contributed by atoms with van der Waals surface area (Å²) in [5.41, 5.74) is 43.0. The topological polar surface area (TPSA) is 519 Å². The molecule has 8 atom stereocenters. The summed E-state index contributed by atoms with van der Waals surface area (Å²) in [6.07, 6.45) is 8.61. The SMILES string of the molecule is C=C(N[C@@H](CCCCN)C(=O)NCC(=O)N1CCC[C@H]1C(=O)N[C@@H](CCCN=C(N)N)C(=O)N[C@@H](CCCCN)C(=O)O)[C@H](C)NC(=O)[C@H](CCCCN)NC(=O)[C@H](Cc1cnc[nH]1)NC(=O)CNC(=O)[C@@H](N)CCCCN=[N+]=[N-]. The number of carbonyl (C=O) groups excluding carboxylic acids is 8. The summed E-state index contributed by atoms with van der Waals surface area (Å²) < 4.78 is 0. The molecule has 31 nitrogen and oxygen atoms in total. The number of rotatable bonds is 42. The van der Waals surface area contributed by atoms with Crippen LogP contribution in [0.3, 0.4) is 0 Å². The molecule has 0 radical (unpaired) electrons. The number of guanidine groups is 1. The molecule has 0 unspecified atom stereocenters. The number of likely N-dealkylation sites (tertiary alicyclic amines) is 1. The van der Waals surface area contributed by atoms with Crippen LogP contribution in [0.15, 0.2) is 34.9 Å². The quantitative estimate of drug-likeness (QED) is 0.00752. The van der Waals surface area contributed by atoms with Gasteiger partial charge in [0.2, 0.25) is 47.3 Å². The monoisotopic (exact) mass is 1130 g/mol. The number of carboxylic acid groups (broad SMARTS) is 1. The van der Waals surface area contributed by atoms with Gasteiger partial charge in [-0.1, -0.05) is 18.1 Å². The highest BCUT2D eigenvalue weighted by molar-refractivity contribution is 5.96. The summed E-state index contributed by atoms with van der Waals surface area (Å²) in [7, 11) is 0. The fraction of sp³-hybridized carbons (Fsp3) is 0.694. The Kier molecular flexibility index (Phi) is 33.3. The van der Waals surface area contributed by atoms with Gasteiger partial charge in [-0.05, 0) is 128 Å². The first-order valence-corrected chi connectivity index (χ1v) is 27.2. The molecule has 0 bridgehead atoms. The average molecular weight is 1130 g/mol. The van der Waals surface area contributed by atoms with Gasteiger partial charge in [0.1, 0.15) is 36.3 Å². The van der Waals surface area contributed by atoms with Gasteiger partial charge in [-0.3, -0.25) is 43.3 Å². The minimum atomic E-state index is -1.25. The smallest absolute Gasteiger partial charge is 0.326 e. The van der Waals surface area contributed by atoms with Crippen molar-refractivity contribution >= 4 is 59.2 Å². The number of carbonyl (C=O) groups is 9. The number of amides is 8. The second-order valence-electron chi connectivity index (χ2n) is 19.4. The van der Waals surface area contributed by atoms with Gasteiger partial charge in [0.05, 0.1) is 31.5 Å². The van der Waals surface area contributed by atoms with Crippen molar-refractivity contribution in [2.24, 2.45) is 44.5 Å². The Hall–Kier alpha value is -7.60. The van der Waals surface area contributed by atoms with E-state index < -0.39 is 115 Å². The van der Waals surface area contributed by atoms with Crippen molar-refractivity contribution in [1.82, 2.24) is 57.4 Å². The molecule has 1 aromatic rings. The number of nitrogens with two attached hydrogens (primary N) is 6. The number of carboxylic acids is 1. The van der Waals surface area contributed by atoms with Gasteiger partial charge in [-0.15, -0.1) is 0 Å². The molecule has 8 amide bonds. The average Bonchev–Trinajstić information content (AvgIpc) is 4.16. The summed E-state index contributed by atoms with van der Waals surface area (Å²) in [5.74, 6) is -6.62. The number of nitrogens with one attached hydrogen (secondary N) is 9. The lowest BCUT2D eigenvalue weighted by molar-refractivity contribution is -0.143. The third-order valence-corrected chi connectivity index (χ3v) is 13.0. The third kappa shape index (κ3) is 26.8. The lowest BCUT2D eigenvalue weighted by Crippen LogP contribution is -2.57. The number of hydrogen-bond acceptors (Lipinski definition) is 17. The van der Waals surface area contributed by atoms with Crippen LogP contribution in [-0.4, -0.2) is 180 Å². The summed E-state index contributed by atoms with van der Waals surface area (Å²) in [6, 6.07) is -8.54. The van der Waals surface area contributed by atoms with E-state index in [1.54, 1.807) is 6.92 Å². The van der Waals surface area contributed by atoms with Crippen molar-refractivity contribution in [2.45, 2.75) is 164 Å². The standard InChI is InChI=1S/C49H87N21O10/c1-30(31(2)64-44(75)35(15-4-8-20-51)66-46(77)38(25-32-26-57-29-61-32)65-40(71)27-59-42(73)33(53)13-6-10-23-62-69-56)63-34(14-3-7-19-50)43(74)60-28-41(72)70-24-12-18-39(70)47(78)67-36(17-11-22-58-49(54)55)45(76)68-37(48(79)80)16-5-9-21-52/h26,29,31,33-39,63H,1,3-25,27-28,50-53H2,2H3,(H,57,61)(H,59,73)(H,60,74)(H,64,75)(H,65,71)(H,66,77)(H,67,78)(H,68,76)(H,79,80)(H4,54,55,58)/t31-,33-,34-,35-,36-,37-,38-,39-/m0/s1. The molecule has 2 rings (SSSR count). The van der Waals surface area contributed by atoms with Gasteiger partial charge in [0.15, 0.2) is 5.96 Å². The molecular formula is C49H87N21O10. The molecular weight excluding hydrogens is 1040 g/mol. The van der Waals surface area contributed by atoms with Crippen LogP contribution < -0.4 is 76.9 Å². The number of aromatic amines is 1. The van der Waals surface area contributed by atoms with Crippen molar-refractivity contribution in [3.63, 3.8) is 0 Å². The van der Waals surface area contributed by atoms with Crippen molar-refractivity contribution in [1.29, 1.82) is 0 Å². The van der Waals surface area contributed by atoms with Crippen LogP contribution >= 0.6 is 0 Å². The normalized spacial score (nSPS) is 15.4. The van der Waals surface area contributed by atoms with Crippen LogP contribution in [0.1, 0.15) is 115 Å². The van der Waals surface area contributed by atoms with Crippen LogP contribution in [0.5, 0.6) is 0 Å². The van der Waals surface area contributed by atoms with Gasteiger partial charge in [0.25, 0.3) is 0 Å². The zero-order chi connectivity index (χ0) is 59.4. The molecule has 0 aliphatic carbocycles. The zero-order valence-electron chi connectivity index (χ0n) is 45.9. The highest BCUT2D eigenvalue weighted by atomic mass is 16.4. The first kappa shape index (κ1) is 68.5. The predicted molar refractivity (Wildman–Crippen MR) is 297 cm³/mol. The molecule has 80 heavy (non-hydrogen) atoms. The largest absolute Gasteiger partial charge is 0.480 e. The molecule has 0 aromatic carbocycles. The molecule has 0 saturated carbocycles.